The fourth-order valence-corrected chi connectivity index (χ4v) is 1.66. The summed E-state index contributed by atoms with van der Waals surface area (Å²) in [6, 6.07) is 8.13. The molecule has 0 atom stereocenters. The molecule has 1 heteroatoms. The van der Waals surface area contributed by atoms with E-state index in [-0.39, 0.29) is 0 Å². The summed E-state index contributed by atoms with van der Waals surface area (Å²) < 4.78 is 0. The average molecular weight is 159 g/mol. The van der Waals surface area contributed by atoms with Gasteiger partial charge in [0.05, 0.1) is 0 Å². The van der Waals surface area contributed by atoms with Gasteiger partial charge in [-0.05, 0) is 37.5 Å². The smallest absolute Gasteiger partial charge is 0.0366 e. The Balaban J connectivity index is 2.17. The molecule has 1 heterocycles. The SMILES string of the molecule is [CH]c1ccc(N2CCCC2)cc1. The second-order valence-corrected chi connectivity index (χ2v) is 3.29. The molecule has 2 radical (unpaired) electrons. The summed E-state index contributed by atoms with van der Waals surface area (Å²) in [4.78, 5) is 2.40. The largest absolute Gasteiger partial charge is 0.372 e. The number of hydrogen-bond donors (Lipinski definition) is 0. The van der Waals surface area contributed by atoms with Crippen molar-refractivity contribution in [3.8, 4) is 0 Å². The highest BCUT2D eigenvalue weighted by Crippen LogP contribution is 2.19. The lowest BCUT2D eigenvalue weighted by molar-refractivity contribution is 0.949. The van der Waals surface area contributed by atoms with Crippen LogP contribution in [0.25, 0.3) is 0 Å². The Hall–Kier alpha value is -0.980. The molecular weight excluding hydrogens is 146 g/mol. The molecule has 0 spiro atoms. The predicted molar refractivity (Wildman–Crippen MR) is 51.3 cm³/mol. The van der Waals surface area contributed by atoms with Crippen molar-refractivity contribution in [3.05, 3.63) is 36.8 Å². The highest BCUT2D eigenvalue weighted by Gasteiger charge is 2.10. The van der Waals surface area contributed by atoms with Gasteiger partial charge < -0.3 is 4.90 Å². The zero-order chi connectivity index (χ0) is 8.39. The highest BCUT2D eigenvalue weighted by molar-refractivity contribution is 5.48. The van der Waals surface area contributed by atoms with E-state index in [1.54, 1.807) is 0 Å². The number of anilines is 1. The minimum atomic E-state index is 0.845. The van der Waals surface area contributed by atoms with Crippen LogP contribution >= 0.6 is 0 Å². The molecule has 0 aliphatic carbocycles. The predicted octanol–water partition coefficient (Wildman–Crippen LogP) is 2.35. The number of nitrogens with zero attached hydrogens (tertiary/aromatic N) is 1. The molecule has 12 heavy (non-hydrogen) atoms. The van der Waals surface area contributed by atoms with Gasteiger partial charge in [-0.3, -0.25) is 0 Å². The summed E-state index contributed by atoms with van der Waals surface area (Å²) in [7, 11) is 0. The van der Waals surface area contributed by atoms with E-state index in [0.29, 0.717) is 0 Å². The third kappa shape index (κ3) is 1.45. The first-order chi connectivity index (χ1) is 5.86. The van der Waals surface area contributed by atoms with Gasteiger partial charge in [0, 0.05) is 18.8 Å². The monoisotopic (exact) mass is 159 g/mol. The third-order valence-corrected chi connectivity index (χ3v) is 2.36. The summed E-state index contributed by atoms with van der Waals surface area (Å²) >= 11 is 0. The highest BCUT2D eigenvalue weighted by atomic mass is 15.1. The molecule has 2 rings (SSSR count). The maximum absolute atomic E-state index is 5.61. The third-order valence-electron chi connectivity index (χ3n) is 2.36. The quantitative estimate of drug-likeness (QED) is 0.608. The topological polar surface area (TPSA) is 3.24 Å². The Labute approximate surface area is 74.0 Å². The van der Waals surface area contributed by atoms with Gasteiger partial charge >= 0.3 is 0 Å². The van der Waals surface area contributed by atoms with E-state index in [4.69, 9.17) is 6.92 Å². The van der Waals surface area contributed by atoms with Crippen LogP contribution in [0.3, 0.4) is 0 Å². The van der Waals surface area contributed by atoms with E-state index in [1.807, 2.05) is 12.1 Å². The van der Waals surface area contributed by atoms with Gasteiger partial charge in [-0.25, -0.2) is 0 Å². The van der Waals surface area contributed by atoms with Crippen LogP contribution < -0.4 is 4.90 Å². The molecule has 0 unspecified atom stereocenters. The minimum absolute atomic E-state index is 0.845. The Morgan fingerprint density at radius 3 is 2.17 bits per heavy atom. The minimum Gasteiger partial charge on any atom is -0.372 e. The van der Waals surface area contributed by atoms with Crippen LogP contribution in [0.2, 0.25) is 0 Å². The van der Waals surface area contributed by atoms with Crippen LogP contribution in [0.4, 0.5) is 5.69 Å². The van der Waals surface area contributed by atoms with Gasteiger partial charge in [0.1, 0.15) is 0 Å². The molecule has 0 saturated carbocycles. The van der Waals surface area contributed by atoms with Crippen LogP contribution in [0.15, 0.2) is 24.3 Å². The van der Waals surface area contributed by atoms with Crippen molar-refractivity contribution in [1.29, 1.82) is 0 Å². The van der Waals surface area contributed by atoms with Crippen LogP contribution in [0.1, 0.15) is 18.4 Å². The fourth-order valence-electron chi connectivity index (χ4n) is 1.66. The van der Waals surface area contributed by atoms with Crippen molar-refractivity contribution >= 4 is 5.69 Å². The van der Waals surface area contributed by atoms with Crippen molar-refractivity contribution in [1.82, 2.24) is 0 Å². The Kier molecular flexibility index (Phi) is 2.03. The van der Waals surface area contributed by atoms with Gasteiger partial charge in [0.25, 0.3) is 0 Å². The molecule has 0 aromatic heterocycles. The van der Waals surface area contributed by atoms with Crippen LogP contribution in [0.5, 0.6) is 0 Å². The van der Waals surface area contributed by atoms with Gasteiger partial charge in [-0.1, -0.05) is 12.1 Å². The molecule has 1 fully saturated rings. The van der Waals surface area contributed by atoms with E-state index in [2.05, 4.69) is 17.0 Å². The van der Waals surface area contributed by atoms with Crippen LogP contribution in [0, 0.1) is 6.92 Å². The number of benzene rings is 1. The van der Waals surface area contributed by atoms with E-state index >= 15 is 0 Å². The lowest BCUT2D eigenvalue weighted by atomic mass is 10.2. The van der Waals surface area contributed by atoms with Crippen molar-refractivity contribution in [2.24, 2.45) is 0 Å². The lowest BCUT2D eigenvalue weighted by Crippen LogP contribution is -2.17. The Bertz CT molecular complexity index is 244. The molecule has 0 amide bonds. The summed E-state index contributed by atoms with van der Waals surface area (Å²) in [5.41, 5.74) is 2.15. The Morgan fingerprint density at radius 1 is 1.00 bits per heavy atom. The normalized spacial score (nSPS) is 16.9. The first-order valence-corrected chi connectivity index (χ1v) is 4.47. The van der Waals surface area contributed by atoms with Crippen molar-refractivity contribution in [2.75, 3.05) is 18.0 Å². The molecule has 1 saturated heterocycles. The molecule has 1 aromatic carbocycles. The standard InChI is InChI=1S/C11H13N/c1-10-4-6-11(7-5-10)12-8-2-3-9-12/h1,4-7H,2-3,8-9H2. The van der Waals surface area contributed by atoms with Gasteiger partial charge in [-0.2, -0.15) is 0 Å². The average Bonchev–Trinajstić information content (AvgIpc) is 2.58. The maximum Gasteiger partial charge on any atom is 0.0366 e. The van der Waals surface area contributed by atoms with E-state index in [9.17, 15) is 0 Å². The maximum atomic E-state index is 5.61. The summed E-state index contributed by atoms with van der Waals surface area (Å²) in [5.74, 6) is 0. The van der Waals surface area contributed by atoms with E-state index in [1.165, 1.54) is 31.6 Å². The van der Waals surface area contributed by atoms with Gasteiger partial charge in [0.15, 0.2) is 0 Å². The van der Waals surface area contributed by atoms with Crippen LogP contribution in [-0.2, 0) is 0 Å². The molecular formula is C11H13N. The molecule has 1 aliphatic rings. The zero-order valence-electron chi connectivity index (χ0n) is 7.16. The first-order valence-electron chi connectivity index (χ1n) is 4.47. The molecule has 1 nitrogen and oxygen atoms in total. The zero-order valence-corrected chi connectivity index (χ0v) is 7.16. The molecule has 0 bridgehead atoms. The lowest BCUT2D eigenvalue weighted by Gasteiger charge is -2.17. The summed E-state index contributed by atoms with van der Waals surface area (Å²) in [6.07, 6.45) is 2.65. The first kappa shape index (κ1) is 7.66. The van der Waals surface area contributed by atoms with Crippen LogP contribution in [-0.4, -0.2) is 13.1 Å². The number of rotatable bonds is 1. The van der Waals surface area contributed by atoms with E-state index in [0.717, 1.165) is 5.56 Å². The summed E-state index contributed by atoms with van der Waals surface area (Å²) in [5, 5.41) is 0. The fraction of sp³-hybridized carbons (Fsp3) is 0.364. The molecule has 1 aliphatic heterocycles. The van der Waals surface area contributed by atoms with E-state index < -0.39 is 0 Å². The van der Waals surface area contributed by atoms with Crippen molar-refractivity contribution in [3.63, 3.8) is 0 Å². The molecule has 0 N–H and O–H groups in total. The van der Waals surface area contributed by atoms with Crippen molar-refractivity contribution in [2.45, 2.75) is 12.8 Å². The molecule has 1 aromatic rings. The second-order valence-electron chi connectivity index (χ2n) is 3.29. The van der Waals surface area contributed by atoms with Gasteiger partial charge in [0.2, 0.25) is 0 Å². The molecule has 62 valence electrons. The number of hydrogen-bond acceptors (Lipinski definition) is 1. The second kappa shape index (κ2) is 3.18. The van der Waals surface area contributed by atoms with Gasteiger partial charge in [-0.15, -0.1) is 0 Å². The van der Waals surface area contributed by atoms with Crippen molar-refractivity contribution < 1.29 is 0 Å². The summed E-state index contributed by atoms with van der Waals surface area (Å²) in [6.45, 7) is 8.00. The Morgan fingerprint density at radius 2 is 1.58 bits per heavy atom.